The Morgan fingerprint density at radius 2 is 1.72 bits per heavy atom. The average Bonchev–Trinajstić information content (AvgIpc) is 2.46. The van der Waals surface area contributed by atoms with Crippen LogP contribution in [0.15, 0.2) is 48.5 Å². The van der Waals surface area contributed by atoms with Gasteiger partial charge in [-0.3, -0.25) is 5.92 Å². The molecular formula is C16H14NO-. The van der Waals surface area contributed by atoms with Gasteiger partial charge < -0.3 is 16.5 Å². The number of hydrogen-bond acceptors (Lipinski definition) is 2. The molecule has 1 N–H and O–H groups in total. The zero-order valence-electron chi connectivity index (χ0n) is 10.2. The van der Waals surface area contributed by atoms with Crippen LogP contribution in [0.1, 0.15) is 11.1 Å². The second kappa shape index (κ2) is 5.79. The molecule has 0 aliphatic carbocycles. The first-order chi connectivity index (χ1) is 8.81. The number of methoxy groups -OCH3 is 1. The van der Waals surface area contributed by atoms with Gasteiger partial charge in [0.2, 0.25) is 0 Å². The summed E-state index contributed by atoms with van der Waals surface area (Å²) in [4.78, 5) is 0. The lowest BCUT2D eigenvalue weighted by molar-refractivity contribution is 0.415. The standard InChI is InChI=1S/C16H14NO/c1-3-13-4-6-14(7-5-13)12-17-15-8-10-16(18-2)11-9-15/h4-11,17H,12H2,2H3/q-1. The van der Waals surface area contributed by atoms with E-state index >= 15 is 0 Å². The van der Waals surface area contributed by atoms with Gasteiger partial charge in [-0.2, -0.15) is 0 Å². The molecule has 0 unspecified atom stereocenters. The molecule has 0 atom stereocenters. The zero-order chi connectivity index (χ0) is 12.8. The second-order valence-corrected chi connectivity index (χ2v) is 3.90. The molecule has 0 saturated heterocycles. The van der Waals surface area contributed by atoms with Gasteiger partial charge in [0.05, 0.1) is 7.11 Å². The Hall–Kier alpha value is -2.40. The maximum atomic E-state index is 7.01. The molecule has 2 aromatic rings. The van der Waals surface area contributed by atoms with Crippen LogP contribution in [-0.2, 0) is 6.54 Å². The van der Waals surface area contributed by atoms with Gasteiger partial charge in [-0.15, -0.1) is 17.7 Å². The minimum Gasteiger partial charge on any atom is -0.497 e. The topological polar surface area (TPSA) is 21.3 Å². The zero-order valence-corrected chi connectivity index (χ0v) is 10.2. The normalized spacial score (nSPS) is 9.56. The Bertz CT molecular complexity index is 535. The second-order valence-electron chi connectivity index (χ2n) is 3.90. The molecule has 2 nitrogen and oxygen atoms in total. The van der Waals surface area contributed by atoms with E-state index in [0.29, 0.717) is 0 Å². The van der Waals surface area contributed by atoms with E-state index in [1.54, 1.807) is 7.11 Å². The summed E-state index contributed by atoms with van der Waals surface area (Å²) in [5, 5.41) is 3.33. The quantitative estimate of drug-likeness (QED) is 0.650. The Kier molecular flexibility index (Phi) is 3.88. The number of nitrogens with one attached hydrogen (secondary N) is 1. The SMILES string of the molecule is [C-]#Cc1ccc(CNc2ccc(OC)cc2)cc1. The lowest BCUT2D eigenvalue weighted by Gasteiger charge is -2.08. The van der Waals surface area contributed by atoms with Crippen molar-refractivity contribution in [2.24, 2.45) is 0 Å². The Labute approximate surface area is 108 Å². The fraction of sp³-hybridized carbons (Fsp3) is 0.125. The van der Waals surface area contributed by atoms with E-state index in [0.717, 1.165) is 23.5 Å². The van der Waals surface area contributed by atoms with Crippen molar-refractivity contribution in [1.29, 1.82) is 0 Å². The average molecular weight is 236 g/mol. The maximum Gasteiger partial charge on any atom is 0.119 e. The van der Waals surface area contributed by atoms with E-state index in [1.165, 1.54) is 5.56 Å². The highest BCUT2D eigenvalue weighted by Crippen LogP contribution is 2.15. The lowest BCUT2D eigenvalue weighted by Crippen LogP contribution is -1.99. The van der Waals surface area contributed by atoms with E-state index in [2.05, 4.69) is 11.2 Å². The Morgan fingerprint density at radius 3 is 2.28 bits per heavy atom. The smallest absolute Gasteiger partial charge is 0.119 e. The molecule has 0 aliphatic heterocycles. The van der Waals surface area contributed by atoms with Crippen molar-refractivity contribution in [3.8, 4) is 11.7 Å². The minimum absolute atomic E-state index is 0.755. The third kappa shape index (κ3) is 3.05. The van der Waals surface area contributed by atoms with E-state index < -0.39 is 0 Å². The van der Waals surface area contributed by atoms with Crippen molar-refractivity contribution in [2.45, 2.75) is 6.54 Å². The van der Waals surface area contributed by atoms with Crippen molar-refractivity contribution in [2.75, 3.05) is 12.4 Å². The van der Waals surface area contributed by atoms with Gasteiger partial charge in [0.1, 0.15) is 5.75 Å². The van der Waals surface area contributed by atoms with Crippen molar-refractivity contribution in [3.05, 3.63) is 66.1 Å². The van der Waals surface area contributed by atoms with E-state index in [-0.39, 0.29) is 0 Å². The van der Waals surface area contributed by atoms with E-state index in [9.17, 15) is 0 Å². The minimum atomic E-state index is 0.755. The van der Waals surface area contributed by atoms with Crippen LogP contribution in [0.4, 0.5) is 5.69 Å². The fourth-order valence-corrected chi connectivity index (χ4v) is 1.62. The predicted molar refractivity (Wildman–Crippen MR) is 73.0 cm³/mol. The molecule has 18 heavy (non-hydrogen) atoms. The first kappa shape index (κ1) is 12.1. The van der Waals surface area contributed by atoms with Gasteiger partial charge in [-0.25, -0.2) is 0 Å². The first-order valence-corrected chi connectivity index (χ1v) is 5.71. The van der Waals surface area contributed by atoms with Gasteiger partial charge in [0.25, 0.3) is 0 Å². The van der Waals surface area contributed by atoms with Gasteiger partial charge in [0.15, 0.2) is 0 Å². The monoisotopic (exact) mass is 236 g/mol. The lowest BCUT2D eigenvalue weighted by atomic mass is 10.1. The van der Waals surface area contributed by atoms with Crippen molar-refractivity contribution < 1.29 is 4.74 Å². The predicted octanol–water partition coefficient (Wildman–Crippen LogP) is 3.25. The molecule has 0 spiro atoms. The molecule has 0 fully saturated rings. The molecule has 2 heteroatoms. The highest BCUT2D eigenvalue weighted by molar-refractivity contribution is 5.47. The van der Waals surface area contributed by atoms with Crippen LogP contribution in [0.25, 0.3) is 0 Å². The van der Waals surface area contributed by atoms with Gasteiger partial charge in [-0.1, -0.05) is 12.1 Å². The summed E-state index contributed by atoms with van der Waals surface area (Å²) in [7, 11) is 1.66. The number of anilines is 1. The largest absolute Gasteiger partial charge is 0.497 e. The fourth-order valence-electron chi connectivity index (χ4n) is 1.62. The Balaban J connectivity index is 1.95. The van der Waals surface area contributed by atoms with Gasteiger partial charge >= 0.3 is 0 Å². The van der Waals surface area contributed by atoms with Crippen molar-refractivity contribution in [3.63, 3.8) is 0 Å². The number of ether oxygens (including phenoxy) is 1. The van der Waals surface area contributed by atoms with Crippen molar-refractivity contribution >= 4 is 5.69 Å². The number of hydrogen-bond donors (Lipinski definition) is 1. The van der Waals surface area contributed by atoms with Crippen LogP contribution in [0.5, 0.6) is 5.75 Å². The summed E-state index contributed by atoms with van der Waals surface area (Å²) in [6.45, 7) is 0.755. The summed E-state index contributed by atoms with van der Waals surface area (Å²) in [5.41, 5.74) is 3.02. The molecule has 0 radical (unpaired) electrons. The van der Waals surface area contributed by atoms with Crippen LogP contribution in [0.3, 0.4) is 0 Å². The summed E-state index contributed by atoms with van der Waals surface area (Å²) in [6.07, 6.45) is 7.01. The Morgan fingerprint density at radius 1 is 1.06 bits per heavy atom. The molecule has 0 bridgehead atoms. The number of benzene rings is 2. The molecule has 2 aromatic carbocycles. The van der Waals surface area contributed by atoms with Gasteiger partial charge in [0, 0.05) is 12.2 Å². The van der Waals surface area contributed by atoms with Crippen LogP contribution < -0.4 is 10.1 Å². The summed E-state index contributed by atoms with van der Waals surface area (Å²) < 4.78 is 5.10. The number of rotatable bonds is 4. The van der Waals surface area contributed by atoms with Gasteiger partial charge in [-0.05, 0) is 29.8 Å². The van der Waals surface area contributed by atoms with E-state index in [1.807, 2.05) is 48.5 Å². The maximum absolute atomic E-state index is 7.01. The molecular weight excluding hydrogens is 222 g/mol. The molecule has 90 valence electrons. The summed E-state index contributed by atoms with van der Waals surface area (Å²) in [6, 6.07) is 15.6. The van der Waals surface area contributed by atoms with E-state index in [4.69, 9.17) is 11.2 Å². The summed E-state index contributed by atoms with van der Waals surface area (Å²) in [5.74, 6) is 3.21. The van der Waals surface area contributed by atoms with Crippen LogP contribution in [0.2, 0.25) is 0 Å². The molecule has 0 amide bonds. The molecule has 0 saturated carbocycles. The summed E-state index contributed by atoms with van der Waals surface area (Å²) >= 11 is 0. The first-order valence-electron chi connectivity index (χ1n) is 5.71. The highest BCUT2D eigenvalue weighted by Gasteiger charge is 1.94. The molecule has 0 aromatic heterocycles. The third-order valence-electron chi connectivity index (χ3n) is 2.68. The molecule has 0 heterocycles. The molecule has 0 aliphatic rings. The van der Waals surface area contributed by atoms with Crippen LogP contribution in [0, 0.1) is 12.3 Å². The highest BCUT2D eigenvalue weighted by atomic mass is 16.5. The third-order valence-corrected chi connectivity index (χ3v) is 2.68. The van der Waals surface area contributed by atoms with Crippen LogP contribution >= 0.6 is 0 Å². The van der Waals surface area contributed by atoms with Crippen molar-refractivity contribution in [1.82, 2.24) is 0 Å². The van der Waals surface area contributed by atoms with Crippen LogP contribution in [-0.4, -0.2) is 7.11 Å². The molecule has 2 rings (SSSR count).